The maximum atomic E-state index is 4.72. The summed E-state index contributed by atoms with van der Waals surface area (Å²) in [6.45, 7) is 8.63. The van der Waals surface area contributed by atoms with Gasteiger partial charge in [0.25, 0.3) is 0 Å². The lowest BCUT2D eigenvalue weighted by Crippen LogP contribution is -2.37. The molecule has 0 bridgehead atoms. The molecule has 1 N–H and O–H groups in total. The lowest BCUT2D eigenvalue weighted by atomic mass is 10.1. The van der Waals surface area contributed by atoms with Gasteiger partial charge in [-0.15, -0.1) is 0 Å². The van der Waals surface area contributed by atoms with Crippen LogP contribution in [0.15, 0.2) is 0 Å². The molecule has 21 heavy (non-hydrogen) atoms. The van der Waals surface area contributed by atoms with Crippen LogP contribution in [-0.2, 0) is 13.0 Å². The third kappa shape index (κ3) is 3.52. The van der Waals surface area contributed by atoms with E-state index in [1.165, 1.54) is 43.6 Å². The standard InChI is InChI=1S/C16H27N5/c1-13-18-15-12-17-7-6-14(15)16(19-13)20(2)10-11-21-8-4-3-5-9-21/h17H,3-12H2,1-2H3. The molecule has 0 unspecified atom stereocenters. The van der Waals surface area contributed by atoms with Crippen LogP contribution in [0.3, 0.4) is 0 Å². The van der Waals surface area contributed by atoms with Crippen molar-refractivity contribution < 1.29 is 0 Å². The fourth-order valence-corrected chi connectivity index (χ4v) is 3.36. The van der Waals surface area contributed by atoms with Gasteiger partial charge in [-0.1, -0.05) is 6.42 Å². The molecule has 3 rings (SSSR count). The van der Waals surface area contributed by atoms with E-state index in [0.717, 1.165) is 44.2 Å². The number of nitrogens with zero attached hydrogens (tertiary/aromatic N) is 4. The fraction of sp³-hybridized carbons (Fsp3) is 0.750. The maximum Gasteiger partial charge on any atom is 0.135 e. The molecule has 1 aromatic heterocycles. The molecule has 2 aliphatic heterocycles. The zero-order valence-electron chi connectivity index (χ0n) is 13.4. The predicted octanol–water partition coefficient (Wildman–Crippen LogP) is 1.35. The van der Waals surface area contributed by atoms with E-state index < -0.39 is 0 Å². The van der Waals surface area contributed by atoms with Crippen molar-refractivity contribution in [3.05, 3.63) is 17.1 Å². The Morgan fingerprint density at radius 2 is 2.00 bits per heavy atom. The summed E-state index contributed by atoms with van der Waals surface area (Å²) in [5.41, 5.74) is 2.54. The number of nitrogens with one attached hydrogen (secondary N) is 1. The summed E-state index contributed by atoms with van der Waals surface area (Å²) in [6.07, 6.45) is 5.16. The van der Waals surface area contributed by atoms with Crippen LogP contribution in [0.2, 0.25) is 0 Å². The van der Waals surface area contributed by atoms with Crippen LogP contribution < -0.4 is 10.2 Å². The Hall–Kier alpha value is -1.20. The van der Waals surface area contributed by atoms with E-state index >= 15 is 0 Å². The number of hydrogen-bond donors (Lipinski definition) is 1. The Morgan fingerprint density at radius 1 is 1.19 bits per heavy atom. The van der Waals surface area contributed by atoms with Gasteiger partial charge in [0.15, 0.2) is 0 Å². The second-order valence-electron chi connectivity index (χ2n) is 6.27. The first-order valence-corrected chi connectivity index (χ1v) is 8.24. The zero-order valence-corrected chi connectivity index (χ0v) is 13.4. The summed E-state index contributed by atoms with van der Waals surface area (Å²) in [7, 11) is 2.17. The van der Waals surface area contributed by atoms with Crippen molar-refractivity contribution in [3.8, 4) is 0 Å². The Bertz CT molecular complexity index is 482. The minimum Gasteiger partial charge on any atom is -0.358 e. The van der Waals surface area contributed by atoms with Crippen molar-refractivity contribution in [1.29, 1.82) is 0 Å². The highest BCUT2D eigenvalue weighted by molar-refractivity contribution is 5.49. The third-order valence-corrected chi connectivity index (χ3v) is 4.59. The van der Waals surface area contributed by atoms with Crippen LogP contribution in [0.5, 0.6) is 0 Å². The molecular formula is C16H27N5. The highest BCUT2D eigenvalue weighted by atomic mass is 15.2. The topological polar surface area (TPSA) is 44.3 Å². The number of anilines is 1. The second-order valence-corrected chi connectivity index (χ2v) is 6.27. The van der Waals surface area contributed by atoms with Crippen LogP contribution in [0, 0.1) is 6.92 Å². The number of aryl methyl sites for hydroxylation is 1. The first kappa shape index (κ1) is 14.7. The monoisotopic (exact) mass is 289 g/mol. The van der Waals surface area contributed by atoms with Gasteiger partial charge in [0.1, 0.15) is 11.6 Å². The van der Waals surface area contributed by atoms with Gasteiger partial charge in [-0.25, -0.2) is 9.97 Å². The van der Waals surface area contributed by atoms with E-state index in [2.05, 4.69) is 27.1 Å². The second kappa shape index (κ2) is 6.71. The molecule has 116 valence electrons. The van der Waals surface area contributed by atoms with Gasteiger partial charge in [-0.2, -0.15) is 0 Å². The molecule has 0 aliphatic carbocycles. The lowest BCUT2D eigenvalue weighted by Gasteiger charge is -2.30. The largest absolute Gasteiger partial charge is 0.358 e. The van der Waals surface area contributed by atoms with E-state index in [9.17, 15) is 0 Å². The van der Waals surface area contributed by atoms with Gasteiger partial charge in [-0.3, -0.25) is 0 Å². The number of fused-ring (bicyclic) bond motifs is 1. The van der Waals surface area contributed by atoms with E-state index in [-0.39, 0.29) is 0 Å². The van der Waals surface area contributed by atoms with E-state index in [4.69, 9.17) is 4.98 Å². The molecule has 0 atom stereocenters. The minimum atomic E-state index is 0.881. The molecule has 0 aromatic carbocycles. The molecule has 0 amide bonds. The fourth-order valence-electron chi connectivity index (χ4n) is 3.36. The zero-order chi connectivity index (χ0) is 14.7. The summed E-state index contributed by atoms with van der Waals surface area (Å²) in [6, 6.07) is 0. The van der Waals surface area contributed by atoms with Gasteiger partial charge in [-0.05, 0) is 45.8 Å². The number of likely N-dealkylation sites (tertiary alicyclic amines) is 1. The minimum absolute atomic E-state index is 0.881. The average molecular weight is 289 g/mol. The molecule has 0 spiro atoms. The molecule has 3 heterocycles. The Labute approximate surface area is 127 Å². The summed E-state index contributed by atoms with van der Waals surface area (Å²) >= 11 is 0. The van der Waals surface area contributed by atoms with Crippen LogP contribution >= 0.6 is 0 Å². The van der Waals surface area contributed by atoms with Crippen molar-refractivity contribution in [2.75, 3.05) is 44.7 Å². The molecular weight excluding hydrogens is 262 g/mol. The van der Waals surface area contributed by atoms with Crippen LogP contribution in [0.4, 0.5) is 5.82 Å². The van der Waals surface area contributed by atoms with Crippen molar-refractivity contribution in [3.63, 3.8) is 0 Å². The quantitative estimate of drug-likeness (QED) is 0.906. The van der Waals surface area contributed by atoms with Crippen molar-refractivity contribution in [2.45, 2.75) is 39.2 Å². The first-order chi connectivity index (χ1) is 10.2. The van der Waals surface area contributed by atoms with E-state index in [0.29, 0.717) is 0 Å². The molecule has 5 heteroatoms. The number of rotatable bonds is 4. The van der Waals surface area contributed by atoms with Gasteiger partial charge < -0.3 is 15.1 Å². The molecule has 2 aliphatic rings. The smallest absolute Gasteiger partial charge is 0.135 e. The third-order valence-electron chi connectivity index (χ3n) is 4.59. The van der Waals surface area contributed by atoms with E-state index in [1.807, 2.05) is 6.92 Å². The van der Waals surface area contributed by atoms with Gasteiger partial charge in [0.2, 0.25) is 0 Å². The predicted molar refractivity (Wildman–Crippen MR) is 85.7 cm³/mol. The van der Waals surface area contributed by atoms with Crippen LogP contribution in [0.1, 0.15) is 36.3 Å². The van der Waals surface area contributed by atoms with Crippen molar-refractivity contribution >= 4 is 5.82 Å². The Balaban J connectivity index is 1.68. The van der Waals surface area contributed by atoms with Crippen LogP contribution in [0.25, 0.3) is 0 Å². The molecule has 0 radical (unpaired) electrons. The normalized spacial score (nSPS) is 19.3. The SMILES string of the molecule is Cc1nc2c(c(N(C)CCN3CCCCC3)n1)CCNC2. The van der Waals surface area contributed by atoms with E-state index in [1.54, 1.807) is 0 Å². The van der Waals surface area contributed by atoms with Gasteiger partial charge in [0, 0.05) is 32.2 Å². The number of likely N-dealkylation sites (N-methyl/N-ethyl adjacent to an activating group) is 1. The Kier molecular flexibility index (Phi) is 4.70. The van der Waals surface area contributed by atoms with Crippen LogP contribution in [-0.4, -0.2) is 54.6 Å². The highest BCUT2D eigenvalue weighted by Crippen LogP contribution is 2.23. The average Bonchev–Trinajstić information content (AvgIpc) is 2.52. The molecule has 1 saturated heterocycles. The highest BCUT2D eigenvalue weighted by Gasteiger charge is 2.19. The number of piperidine rings is 1. The summed E-state index contributed by atoms with van der Waals surface area (Å²) < 4.78 is 0. The van der Waals surface area contributed by atoms with Gasteiger partial charge in [0.05, 0.1) is 5.69 Å². The first-order valence-electron chi connectivity index (χ1n) is 8.24. The molecule has 0 saturated carbocycles. The lowest BCUT2D eigenvalue weighted by molar-refractivity contribution is 0.234. The Morgan fingerprint density at radius 3 is 2.81 bits per heavy atom. The molecule has 1 aromatic rings. The van der Waals surface area contributed by atoms with Gasteiger partial charge >= 0.3 is 0 Å². The van der Waals surface area contributed by atoms with Crippen molar-refractivity contribution in [2.24, 2.45) is 0 Å². The number of aromatic nitrogens is 2. The maximum absolute atomic E-state index is 4.72. The number of hydrogen-bond acceptors (Lipinski definition) is 5. The summed E-state index contributed by atoms with van der Waals surface area (Å²) in [5.74, 6) is 2.04. The van der Waals surface area contributed by atoms with Crippen molar-refractivity contribution in [1.82, 2.24) is 20.2 Å². The summed E-state index contributed by atoms with van der Waals surface area (Å²) in [4.78, 5) is 14.2. The molecule has 5 nitrogen and oxygen atoms in total. The summed E-state index contributed by atoms with van der Waals surface area (Å²) in [5, 5.41) is 3.40. The molecule has 1 fully saturated rings.